The molecule has 0 atom stereocenters. The molecule has 3 N–H and O–H groups in total. The van der Waals surface area contributed by atoms with Gasteiger partial charge >= 0.3 is 6.03 Å². The van der Waals surface area contributed by atoms with Crippen molar-refractivity contribution in [2.24, 2.45) is 10.8 Å². The van der Waals surface area contributed by atoms with E-state index in [1.165, 1.54) is 10.8 Å². The zero-order valence-electron chi connectivity index (χ0n) is 14.0. The molecule has 4 rings (SSSR count). The lowest BCUT2D eigenvalue weighted by Gasteiger charge is -2.24. The molecule has 132 valence electrons. The molecule has 3 heterocycles. The third-order valence-electron chi connectivity index (χ3n) is 4.47. The fraction of sp³-hybridized carbons (Fsp3) is 0.278. The lowest BCUT2D eigenvalue weighted by molar-refractivity contribution is 0.0443. The van der Waals surface area contributed by atoms with Gasteiger partial charge in [0.15, 0.2) is 0 Å². The molecule has 8 nitrogen and oxygen atoms in total. The van der Waals surface area contributed by atoms with Crippen LogP contribution in [0.2, 0.25) is 0 Å². The molecule has 1 saturated heterocycles. The Balaban J connectivity index is 1.84. The molecular weight excluding hydrogens is 334 g/mol. The number of nitrogens with zero attached hydrogens (tertiary/aromatic N) is 3. The van der Waals surface area contributed by atoms with Gasteiger partial charge in [0.05, 0.1) is 37.1 Å². The number of benzene rings is 1. The van der Waals surface area contributed by atoms with Gasteiger partial charge in [-0.25, -0.2) is 10.2 Å². The smallest absolute Gasteiger partial charge is 0.324 e. The second-order valence-corrected chi connectivity index (χ2v) is 6.03. The first kappa shape index (κ1) is 16.3. The number of carbonyl (C=O) groups excluding carboxylic acids is 2. The lowest BCUT2D eigenvalue weighted by Crippen LogP contribution is -2.36. The highest BCUT2D eigenvalue weighted by Gasteiger charge is 2.24. The Kier molecular flexibility index (Phi) is 4.16. The van der Waals surface area contributed by atoms with Crippen LogP contribution in [-0.2, 0) is 4.74 Å². The van der Waals surface area contributed by atoms with E-state index < -0.39 is 6.03 Å². The van der Waals surface area contributed by atoms with E-state index in [0.29, 0.717) is 47.5 Å². The number of ether oxygens (including phenoxy) is 1. The van der Waals surface area contributed by atoms with Gasteiger partial charge < -0.3 is 10.5 Å². The van der Waals surface area contributed by atoms with Gasteiger partial charge in [0, 0.05) is 24.0 Å². The van der Waals surface area contributed by atoms with Gasteiger partial charge in [0.1, 0.15) is 5.69 Å². The van der Waals surface area contributed by atoms with Crippen LogP contribution in [0.3, 0.4) is 0 Å². The molecule has 26 heavy (non-hydrogen) atoms. The molecule has 0 unspecified atom stereocenters. The van der Waals surface area contributed by atoms with E-state index >= 15 is 0 Å². The first-order chi connectivity index (χ1) is 12.7. The van der Waals surface area contributed by atoms with Crippen molar-refractivity contribution in [3.8, 4) is 11.8 Å². The summed E-state index contributed by atoms with van der Waals surface area (Å²) in [7, 11) is 0. The minimum atomic E-state index is -0.650. The van der Waals surface area contributed by atoms with Crippen molar-refractivity contribution < 1.29 is 14.3 Å². The maximum atomic E-state index is 12.2. The fourth-order valence-corrected chi connectivity index (χ4v) is 3.25. The molecule has 1 aromatic heterocycles. The van der Waals surface area contributed by atoms with E-state index in [2.05, 4.69) is 27.3 Å². The largest absolute Gasteiger partial charge is 0.379 e. The Morgan fingerprint density at radius 3 is 2.92 bits per heavy atom. The van der Waals surface area contributed by atoms with Crippen molar-refractivity contribution in [1.82, 2.24) is 14.9 Å². The molecule has 2 aliphatic rings. The van der Waals surface area contributed by atoms with Crippen LogP contribution >= 0.6 is 0 Å². The Bertz CT molecular complexity index is 990. The van der Waals surface area contributed by atoms with Crippen LogP contribution in [-0.4, -0.2) is 60.5 Å². The van der Waals surface area contributed by atoms with Gasteiger partial charge in [0.25, 0.3) is 5.91 Å². The van der Waals surface area contributed by atoms with Gasteiger partial charge in [-0.1, -0.05) is 12.0 Å². The molecule has 0 radical (unpaired) electrons. The Morgan fingerprint density at radius 2 is 2.15 bits per heavy atom. The van der Waals surface area contributed by atoms with E-state index in [9.17, 15) is 9.59 Å². The molecular formula is C18H17N5O3. The quantitative estimate of drug-likeness (QED) is 0.723. The maximum absolute atomic E-state index is 12.2. The normalized spacial score (nSPS) is 16.7. The average molecular weight is 351 g/mol. The van der Waals surface area contributed by atoms with Gasteiger partial charge in [-0.05, 0) is 18.1 Å². The van der Waals surface area contributed by atoms with Crippen LogP contribution in [0.4, 0.5) is 4.79 Å². The van der Waals surface area contributed by atoms with Crippen LogP contribution in [0.25, 0.3) is 10.9 Å². The first-order valence-corrected chi connectivity index (χ1v) is 8.26. The van der Waals surface area contributed by atoms with Crippen molar-refractivity contribution in [3.63, 3.8) is 0 Å². The monoisotopic (exact) mass is 351 g/mol. The number of morpholine rings is 1. The number of rotatable bonds is 1. The number of amides is 2. The topological polar surface area (TPSA) is 102 Å². The molecule has 0 bridgehead atoms. The summed E-state index contributed by atoms with van der Waals surface area (Å²) in [4.78, 5) is 26.4. The van der Waals surface area contributed by atoms with Crippen LogP contribution in [0, 0.1) is 11.8 Å². The van der Waals surface area contributed by atoms with E-state index in [4.69, 9.17) is 10.5 Å². The third-order valence-corrected chi connectivity index (χ3v) is 4.47. The number of nitrogens with one attached hydrogen (secondary N) is 1. The molecule has 0 saturated carbocycles. The van der Waals surface area contributed by atoms with Gasteiger partial charge in [-0.2, -0.15) is 5.10 Å². The standard InChI is InChI=1S/C18H17N5O3/c19-18(25)23-14(5-2-6-22-7-9-26-10-8-22)13-11-20-21-17(24)12-3-1-4-15(23)16(12)13/h1,3-4,11H,6-10H2,(H2,19,25)(H,21,24). The summed E-state index contributed by atoms with van der Waals surface area (Å²) in [6.07, 6.45) is 1.51. The predicted molar refractivity (Wildman–Crippen MR) is 96.1 cm³/mol. The summed E-state index contributed by atoms with van der Waals surface area (Å²) in [6.45, 7) is 3.59. The highest BCUT2D eigenvalue weighted by molar-refractivity contribution is 6.17. The second kappa shape index (κ2) is 6.63. The molecule has 8 heteroatoms. The van der Waals surface area contributed by atoms with Crippen molar-refractivity contribution in [3.05, 3.63) is 35.0 Å². The van der Waals surface area contributed by atoms with Crippen LogP contribution in [0.5, 0.6) is 0 Å². The highest BCUT2D eigenvalue weighted by Crippen LogP contribution is 2.29. The van der Waals surface area contributed by atoms with Crippen molar-refractivity contribution >= 4 is 29.1 Å². The zero-order chi connectivity index (χ0) is 18.1. The van der Waals surface area contributed by atoms with Crippen molar-refractivity contribution in [2.45, 2.75) is 0 Å². The average Bonchev–Trinajstić information content (AvgIpc) is 2.85. The van der Waals surface area contributed by atoms with Crippen molar-refractivity contribution in [2.75, 3.05) is 32.8 Å². The minimum Gasteiger partial charge on any atom is -0.379 e. The zero-order valence-corrected chi connectivity index (χ0v) is 14.0. The number of nitrogens with two attached hydrogens (primary N) is 1. The number of hydrogen-bond donors (Lipinski definition) is 2. The highest BCUT2D eigenvalue weighted by atomic mass is 16.5. The van der Waals surface area contributed by atoms with E-state index in [1.54, 1.807) is 18.2 Å². The Labute approximate surface area is 149 Å². The minimum absolute atomic E-state index is 0.333. The van der Waals surface area contributed by atoms with Gasteiger partial charge in [-0.3, -0.25) is 14.3 Å². The van der Waals surface area contributed by atoms with Gasteiger partial charge in [-0.15, -0.1) is 0 Å². The fourth-order valence-electron chi connectivity index (χ4n) is 3.25. The molecule has 2 amide bonds. The SMILES string of the molecule is NC(=O)n1c(C#CCN2CCOCC2)c2c3c(cccc31)C(=O)NN=C2. The Morgan fingerprint density at radius 1 is 1.35 bits per heavy atom. The van der Waals surface area contributed by atoms with E-state index in [-0.39, 0.29) is 5.91 Å². The molecule has 1 fully saturated rings. The summed E-state index contributed by atoms with van der Waals surface area (Å²) in [5, 5.41) is 4.56. The summed E-state index contributed by atoms with van der Waals surface area (Å²) in [5.41, 5.74) is 10.1. The second-order valence-electron chi connectivity index (χ2n) is 6.03. The summed E-state index contributed by atoms with van der Waals surface area (Å²) in [5.74, 6) is 5.82. The number of hydrogen-bond acceptors (Lipinski definition) is 5. The number of hydrazone groups is 1. The summed E-state index contributed by atoms with van der Waals surface area (Å²) in [6, 6.07) is 4.48. The van der Waals surface area contributed by atoms with E-state index in [1.807, 2.05) is 0 Å². The molecule has 1 aromatic carbocycles. The Hall–Kier alpha value is -3.15. The van der Waals surface area contributed by atoms with Crippen LogP contribution in [0.15, 0.2) is 23.3 Å². The number of aromatic nitrogens is 1. The molecule has 2 aliphatic heterocycles. The van der Waals surface area contributed by atoms with Crippen molar-refractivity contribution in [1.29, 1.82) is 0 Å². The lowest BCUT2D eigenvalue weighted by atomic mass is 10.1. The molecule has 0 aliphatic carbocycles. The first-order valence-electron chi connectivity index (χ1n) is 8.26. The molecule has 0 spiro atoms. The maximum Gasteiger partial charge on any atom is 0.324 e. The van der Waals surface area contributed by atoms with Crippen LogP contribution < -0.4 is 11.2 Å². The predicted octanol–water partition coefficient (Wildman–Crippen LogP) is 0.329. The van der Waals surface area contributed by atoms with Gasteiger partial charge in [0.2, 0.25) is 0 Å². The van der Waals surface area contributed by atoms with Crippen LogP contribution in [0.1, 0.15) is 21.6 Å². The third kappa shape index (κ3) is 2.73. The summed E-state index contributed by atoms with van der Waals surface area (Å²) < 4.78 is 6.66. The number of carbonyl (C=O) groups is 2. The summed E-state index contributed by atoms with van der Waals surface area (Å²) >= 11 is 0. The number of primary amides is 1. The van der Waals surface area contributed by atoms with E-state index in [0.717, 1.165) is 13.1 Å². The molecule has 2 aromatic rings.